The summed E-state index contributed by atoms with van der Waals surface area (Å²) in [6.45, 7) is 2.04. The summed E-state index contributed by atoms with van der Waals surface area (Å²) in [6, 6.07) is 18.0. The monoisotopic (exact) mass is 537 g/mol. The van der Waals surface area contributed by atoms with Crippen molar-refractivity contribution in [3.05, 3.63) is 73.1 Å². The maximum atomic E-state index is 13.0. The van der Waals surface area contributed by atoms with Gasteiger partial charge in [0, 0.05) is 37.3 Å². The summed E-state index contributed by atoms with van der Waals surface area (Å²) in [4.78, 5) is 23.7. The number of ether oxygens (including phenoxy) is 1. The number of nitrogen functional groups attached to an aromatic ring is 1. The Morgan fingerprint density at radius 3 is 2.58 bits per heavy atom. The van der Waals surface area contributed by atoms with E-state index in [2.05, 4.69) is 15.3 Å². The molecule has 40 heavy (non-hydrogen) atoms. The molecule has 1 saturated heterocycles. The first-order valence-corrected chi connectivity index (χ1v) is 14.2. The number of nitrogens with one attached hydrogen (secondary N) is 1. The number of carbonyl (C=O) groups excluding carboxylic acids is 1. The van der Waals surface area contributed by atoms with Gasteiger partial charge in [0.2, 0.25) is 5.91 Å². The molecule has 9 nitrogen and oxygen atoms in total. The highest BCUT2D eigenvalue weighted by atomic mass is 16.5. The van der Waals surface area contributed by atoms with Crippen molar-refractivity contribution in [2.75, 3.05) is 25.4 Å². The van der Waals surface area contributed by atoms with Crippen molar-refractivity contribution >= 4 is 22.8 Å². The van der Waals surface area contributed by atoms with Crippen LogP contribution in [0.25, 0.3) is 22.3 Å². The van der Waals surface area contributed by atoms with Gasteiger partial charge in [-0.3, -0.25) is 4.79 Å². The molecule has 0 radical (unpaired) electrons. The Morgan fingerprint density at radius 2 is 1.77 bits per heavy atom. The molecule has 0 spiro atoms. The predicted molar refractivity (Wildman–Crippen MR) is 156 cm³/mol. The van der Waals surface area contributed by atoms with Gasteiger partial charge in [0.25, 0.3) is 0 Å². The zero-order chi connectivity index (χ0) is 27.3. The molecule has 2 aromatic heterocycles. The number of anilines is 1. The summed E-state index contributed by atoms with van der Waals surface area (Å²) >= 11 is 0. The fourth-order valence-corrected chi connectivity index (χ4v) is 5.74. The quantitative estimate of drug-likeness (QED) is 0.300. The lowest BCUT2D eigenvalue weighted by Crippen LogP contribution is -2.40. The number of piperidine rings is 1. The highest BCUT2D eigenvalue weighted by Crippen LogP contribution is 2.35. The average molecular weight is 538 g/mol. The summed E-state index contributed by atoms with van der Waals surface area (Å²) in [7, 11) is 0. The fourth-order valence-electron chi connectivity index (χ4n) is 5.74. The van der Waals surface area contributed by atoms with Crippen LogP contribution < -0.4 is 15.8 Å². The van der Waals surface area contributed by atoms with Gasteiger partial charge in [0.15, 0.2) is 5.65 Å². The average Bonchev–Trinajstić information content (AvgIpc) is 3.65. The molecule has 3 heterocycles. The first kappa shape index (κ1) is 26.0. The standard InChI is InChI=1S/C31H35N7O2/c32-30-28-29(22-14-16-26(17-15-22)40-25-11-2-1-3-12-25)36-38(31(28)35-21-34-30)24-10-7-19-37(20-24)27(39)13-6-18-33-23-8-4-5-9-23/h1-3,6,11-17,21,23-24,33H,4-5,7-10,18-20H2,(H2,32,34,35). The molecule has 206 valence electrons. The van der Waals surface area contributed by atoms with Crippen LogP contribution in [0.1, 0.15) is 44.6 Å². The van der Waals surface area contributed by atoms with Gasteiger partial charge >= 0.3 is 0 Å². The highest BCUT2D eigenvalue weighted by Gasteiger charge is 2.28. The number of likely N-dealkylation sites (tertiary alicyclic amines) is 1. The third-order valence-corrected chi connectivity index (χ3v) is 7.82. The lowest BCUT2D eigenvalue weighted by Gasteiger charge is -2.32. The molecule has 1 aliphatic heterocycles. The van der Waals surface area contributed by atoms with Crippen LogP contribution in [0, 0.1) is 0 Å². The first-order chi connectivity index (χ1) is 19.7. The molecular weight excluding hydrogens is 502 g/mol. The summed E-state index contributed by atoms with van der Waals surface area (Å²) < 4.78 is 7.89. The van der Waals surface area contributed by atoms with Gasteiger partial charge in [-0.2, -0.15) is 5.10 Å². The molecule has 1 atom stereocenters. The van der Waals surface area contributed by atoms with Crippen molar-refractivity contribution in [3.63, 3.8) is 0 Å². The van der Waals surface area contributed by atoms with Gasteiger partial charge in [0.05, 0.1) is 11.4 Å². The molecule has 1 unspecified atom stereocenters. The minimum absolute atomic E-state index is 0.00560. The SMILES string of the molecule is Nc1ncnc2c1c(-c1ccc(Oc3ccccc3)cc1)nn2C1CCCN(C(=O)C=CCNC2CCCC2)C1. The van der Waals surface area contributed by atoms with Crippen LogP contribution in [0.15, 0.2) is 73.1 Å². The van der Waals surface area contributed by atoms with Crippen molar-refractivity contribution in [2.45, 2.75) is 50.6 Å². The van der Waals surface area contributed by atoms with E-state index in [1.807, 2.05) is 70.3 Å². The smallest absolute Gasteiger partial charge is 0.246 e. The fraction of sp³-hybridized carbons (Fsp3) is 0.355. The van der Waals surface area contributed by atoms with E-state index in [9.17, 15) is 4.79 Å². The van der Waals surface area contributed by atoms with Crippen LogP contribution in [0.4, 0.5) is 5.82 Å². The Balaban J connectivity index is 1.20. The third-order valence-electron chi connectivity index (χ3n) is 7.82. The molecule has 3 N–H and O–H groups in total. The van der Waals surface area contributed by atoms with E-state index in [4.69, 9.17) is 15.6 Å². The van der Waals surface area contributed by atoms with E-state index in [1.165, 1.54) is 32.0 Å². The van der Waals surface area contributed by atoms with E-state index in [-0.39, 0.29) is 11.9 Å². The molecule has 1 aliphatic carbocycles. The molecule has 6 rings (SSSR count). The molecule has 2 aromatic carbocycles. The Morgan fingerprint density at radius 1 is 1.00 bits per heavy atom. The summed E-state index contributed by atoms with van der Waals surface area (Å²) in [5, 5.41) is 9.25. The van der Waals surface area contributed by atoms with Gasteiger partial charge in [-0.1, -0.05) is 37.1 Å². The van der Waals surface area contributed by atoms with E-state index in [0.29, 0.717) is 24.1 Å². The second-order valence-corrected chi connectivity index (χ2v) is 10.6. The molecule has 4 aromatic rings. The van der Waals surface area contributed by atoms with Crippen LogP contribution in [-0.4, -0.2) is 56.2 Å². The Hall–Kier alpha value is -4.24. The van der Waals surface area contributed by atoms with Crippen molar-refractivity contribution in [3.8, 4) is 22.8 Å². The number of hydrogen-bond acceptors (Lipinski definition) is 7. The normalized spacial score (nSPS) is 18.1. The van der Waals surface area contributed by atoms with Gasteiger partial charge in [-0.05, 0) is 62.1 Å². The van der Waals surface area contributed by atoms with E-state index in [1.54, 1.807) is 6.08 Å². The number of nitrogens with zero attached hydrogens (tertiary/aromatic N) is 5. The van der Waals surface area contributed by atoms with Crippen LogP contribution in [0.2, 0.25) is 0 Å². The molecule has 1 saturated carbocycles. The molecule has 9 heteroatoms. The minimum atomic E-state index is -0.00560. The number of para-hydroxylation sites is 1. The number of fused-ring (bicyclic) bond motifs is 1. The number of carbonyl (C=O) groups is 1. The Labute approximate surface area is 234 Å². The van der Waals surface area contributed by atoms with Crippen molar-refractivity contribution < 1.29 is 9.53 Å². The van der Waals surface area contributed by atoms with Gasteiger partial charge in [-0.15, -0.1) is 0 Å². The number of amides is 1. The third kappa shape index (κ3) is 5.70. The van der Waals surface area contributed by atoms with Gasteiger partial charge in [0.1, 0.15) is 29.3 Å². The lowest BCUT2D eigenvalue weighted by molar-refractivity contribution is -0.127. The zero-order valence-electron chi connectivity index (χ0n) is 22.6. The van der Waals surface area contributed by atoms with Crippen LogP contribution >= 0.6 is 0 Å². The summed E-state index contributed by atoms with van der Waals surface area (Å²) in [5.74, 6) is 1.94. The number of nitrogens with two attached hydrogens (primary N) is 1. The van der Waals surface area contributed by atoms with Crippen LogP contribution in [-0.2, 0) is 4.79 Å². The maximum absolute atomic E-state index is 13.0. The van der Waals surface area contributed by atoms with E-state index < -0.39 is 0 Å². The predicted octanol–water partition coefficient (Wildman–Crippen LogP) is 5.12. The molecule has 2 aliphatic rings. The number of aromatic nitrogens is 4. The number of benzene rings is 2. The number of rotatable bonds is 8. The van der Waals surface area contributed by atoms with Crippen LogP contribution in [0.5, 0.6) is 11.5 Å². The Kier molecular flexibility index (Phi) is 7.72. The van der Waals surface area contributed by atoms with Crippen molar-refractivity contribution in [2.24, 2.45) is 0 Å². The van der Waals surface area contributed by atoms with Crippen LogP contribution in [0.3, 0.4) is 0 Å². The summed E-state index contributed by atoms with van der Waals surface area (Å²) in [6.07, 6.45) is 12.0. The van der Waals surface area contributed by atoms with E-state index in [0.717, 1.165) is 54.1 Å². The van der Waals surface area contributed by atoms with Gasteiger partial charge < -0.3 is 20.7 Å². The second-order valence-electron chi connectivity index (χ2n) is 10.6. The summed E-state index contributed by atoms with van der Waals surface area (Å²) in [5.41, 5.74) is 8.65. The minimum Gasteiger partial charge on any atom is -0.457 e. The zero-order valence-corrected chi connectivity index (χ0v) is 22.6. The second kappa shape index (κ2) is 11.9. The van der Waals surface area contributed by atoms with E-state index >= 15 is 0 Å². The van der Waals surface area contributed by atoms with Gasteiger partial charge in [-0.25, -0.2) is 14.6 Å². The largest absolute Gasteiger partial charge is 0.457 e. The first-order valence-electron chi connectivity index (χ1n) is 14.2. The molecule has 2 fully saturated rings. The number of hydrogen-bond donors (Lipinski definition) is 2. The molecular formula is C31H35N7O2. The Bertz CT molecular complexity index is 1480. The topological polar surface area (TPSA) is 111 Å². The maximum Gasteiger partial charge on any atom is 0.246 e. The molecule has 1 amide bonds. The lowest BCUT2D eigenvalue weighted by atomic mass is 10.1. The highest BCUT2D eigenvalue weighted by molar-refractivity contribution is 5.98. The van der Waals surface area contributed by atoms with Crippen molar-refractivity contribution in [1.29, 1.82) is 0 Å². The molecule has 0 bridgehead atoms. The van der Waals surface area contributed by atoms with Crippen molar-refractivity contribution in [1.82, 2.24) is 30.0 Å².